The van der Waals surface area contributed by atoms with Crippen molar-refractivity contribution < 1.29 is 22.7 Å². The molecule has 0 amide bonds. The van der Waals surface area contributed by atoms with Gasteiger partial charge >= 0.3 is 22.7 Å². The van der Waals surface area contributed by atoms with E-state index in [-0.39, 0.29) is 0 Å². The molecule has 0 spiro atoms. The Balaban J connectivity index is 0.000000283. The van der Waals surface area contributed by atoms with Crippen LogP contribution in [0.5, 0.6) is 0 Å². The molecule has 0 nitrogen and oxygen atoms in total. The van der Waals surface area contributed by atoms with Crippen molar-refractivity contribution in [2.75, 3.05) is 0 Å². The van der Waals surface area contributed by atoms with Gasteiger partial charge in [0.25, 0.3) is 0 Å². The third kappa shape index (κ3) is 14.1. The van der Waals surface area contributed by atoms with Gasteiger partial charge in [0.05, 0.1) is 0 Å². The fourth-order valence-electron chi connectivity index (χ4n) is 2.06. The monoisotopic (exact) mass is 430 g/mol. The van der Waals surface area contributed by atoms with E-state index in [0.29, 0.717) is 19.4 Å². The summed E-state index contributed by atoms with van der Waals surface area (Å²) in [6, 6.07) is 0. The molecule has 0 unspecified atom stereocenters. The molecule has 106 valence electrons. The zero-order chi connectivity index (χ0) is 13.3. The average Bonchev–Trinajstić information content (AvgIpc) is 2.30. The quantitative estimate of drug-likeness (QED) is 0.426. The van der Waals surface area contributed by atoms with Gasteiger partial charge in [0.2, 0.25) is 0 Å². The van der Waals surface area contributed by atoms with E-state index >= 15 is 0 Å². The molecule has 0 aromatic heterocycles. The Bertz CT molecular complexity index is 157. The minimum absolute atomic E-state index is 0.500. The van der Waals surface area contributed by atoms with Gasteiger partial charge in [-0.15, -0.1) is 0 Å². The van der Waals surface area contributed by atoms with E-state index in [1.807, 2.05) is 0 Å². The Morgan fingerprint density at radius 2 is 1.00 bits per heavy atom. The molecule has 0 aromatic rings. The topological polar surface area (TPSA) is 0 Å². The number of hydrogen-bond acceptors (Lipinski definition) is 0. The number of rotatable bonds is 0. The molecule has 0 heterocycles. The Morgan fingerprint density at radius 3 is 1.44 bits per heavy atom. The van der Waals surface area contributed by atoms with Crippen molar-refractivity contribution in [1.82, 2.24) is 0 Å². The van der Waals surface area contributed by atoms with E-state index in [1.165, 1.54) is 77.0 Å². The van der Waals surface area contributed by atoms with Crippen LogP contribution >= 0.6 is 0 Å². The second kappa shape index (κ2) is 17.1. The van der Waals surface area contributed by atoms with Crippen LogP contribution < -0.4 is 0 Å². The first kappa shape index (κ1) is 18.1. The second-order valence-electron chi connectivity index (χ2n) is 4.72. The molecule has 0 saturated heterocycles. The summed E-state index contributed by atoms with van der Waals surface area (Å²) in [6.07, 6.45) is 27.0. The van der Waals surface area contributed by atoms with Crippen LogP contribution in [0.4, 0.5) is 3.25 Å². The van der Waals surface area contributed by atoms with E-state index < -0.39 is 0 Å². The molecule has 0 saturated carbocycles. The summed E-state index contributed by atoms with van der Waals surface area (Å²) in [4.78, 5) is 0. The molecule has 0 atom stereocenters. The summed E-state index contributed by atoms with van der Waals surface area (Å²) in [5, 5.41) is 0. The maximum atomic E-state index is 9.50. The van der Waals surface area contributed by atoms with Crippen molar-refractivity contribution in [3.8, 4) is 0 Å². The number of allylic oxidation sites excluding steroid dienone is 4. The first-order valence-electron chi connectivity index (χ1n) is 7.23. The van der Waals surface area contributed by atoms with Crippen molar-refractivity contribution in [3.05, 3.63) is 24.3 Å². The normalized spacial score (nSPS) is 19.9. The van der Waals surface area contributed by atoms with Crippen LogP contribution in [-0.2, 0) is 19.4 Å². The van der Waals surface area contributed by atoms with Gasteiger partial charge in [-0.2, -0.15) is 12.8 Å². The molecule has 0 aliphatic heterocycles. The predicted molar refractivity (Wildman–Crippen MR) is 72.1 cm³/mol. The zero-order valence-corrected chi connectivity index (χ0v) is 13.7. The first-order valence-corrected chi connectivity index (χ1v) is 8.13. The summed E-state index contributed by atoms with van der Waals surface area (Å²) in [5.41, 5.74) is 0. The van der Waals surface area contributed by atoms with Crippen LogP contribution in [0.2, 0.25) is 0 Å². The molecule has 2 aliphatic rings. The molecule has 2 heteroatoms. The summed E-state index contributed by atoms with van der Waals surface area (Å²) < 4.78 is 9.50. The van der Waals surface area contributed by atoms with Crippen LogP contribution in [0.3, 0.4) is 0 Å². The molecule has 2 rings (SSSR count). The third-order valence-electron chi connectivity index (χ3n) is 3.13. The van der Waals surface area contributed by atoms with Gasteiger partial charge in [-0.05, 0) is 0 Å². The van der Waals surface area contributed by atoms with Crippen molar-refractivity contribution in [3.63, 3.8) is 0 Å². The summed E-state index contributed by atoms with van der Waals surface area (Å²) in [6.45, 7) is 0. The van der Waals surface area contributed by atoms with Crippen molar-refractivity contribution in [2.24, 2.45) is 0 Å². The van der Waals surface area contributed by atoms with Crippen molar-refractivity contribution >= 4 is 0 Å². The predicted octanol–water partition coefficient (Wildman–Crippen LogP) is 5.82. The van der Waals surface area contributed by atoms with E-state index in [9.17, 15) is 3.25 Å². The maximum absolute atomic E-state index is 9.50. The molecule has 0 radical (unpaired) electrons. The van der Waals surface area contributed by atoms with Gasteiger partial charge in [0.1, 0.15) is 0 Å². The Labute approximate surface area is 124 Å². The number of halogens is 1. The van der Waals surface area contributed by atoms with Gasteiger partial charge < -0.3 is 12.2 Å². The van der Waals surface area contributed by atoms with Crippen LogP contribution in [0, 0.1) is 12.2 Å². The van der Waals surface area contributed by atoms with Crippen LogP contribution in [0.15, 0.2) is 12.2 Å². The van der Waals surface area contributed by atoms with Crippen molar-refractivity contribution in [2.45, 2.75) is 77.0 Å². The molecule has 0 fully saturated rings. The van der Waals surface area contributed by atoms with Gasteiger partial charge in [-0.3, -0.25) is 12.2 Å². The standard InChI is InChI=1S/2C8H13.FH.Ir/c2*1-2-4-6-8-7-5-3-1;;/h2*1H,2,4-8H2;1H;/q2*-1;;+3/p-1. The molecule has 18 heavy (non-hydrogen) atoms. The average molecular weight is 430 g/mol. The molecule has 0 bridgehead atoms. The van der Waals surface area contributed by atoms with E-state index in [2.05, 4.69) is 24.3 Å². The third-order valence-corrected chi connectivity index (χ3v) is 3.13. The van der Waals surface area contributed by atoms with Gasteiger partial charge in [0.15, 0.2) is 0 Å². The second-order valence-corrected chi connectivity index (χ2v) is 4.72. The van der Waals surface area contributed by atoms with Gasteiger partial charge in [-0.1, -0.05) is 64.2 Å². The van der Waals surface area contributed by atoms with Crippen LogP contribution in [0.25, 0.3) is 0 Å². The zero-order valence-electron chi connectivity index (χ0n) is 11.4. The summed E-state index contributed by atoms with van der Waals surface area (Å²) >= 11 is 0.500. The van der Waals surface area contributed by atoms with Gasteiger partial charge in [0, 0.05) is 0 Å². The van der Waals surface area contributed by atoms with Gasteiger partial charge in [-0.25, -0.2) is 0 Å². The van der Waals surface area contributed by atoms with E-state index in [4.69, 9.17) is 0 Å². The molecular weight excluding hydrogens is 403 g/mol. The first-order chi connectivity index (χ1) is 9.00. The summed E-state index contributed by atoms with van der Waals surface area (Å²) in [7, 11) is 0. The SMILES string of the molecule is [C-]1=CCCCCCC1.[C-]1=CCCCCCC1.[F][Ir+2]. The molecule has 0 N–H and O–H groups in total. The fraction of sp³-hybridized carbons (Fsp3) is 0.750. The number of hydrogen-bond donors (Lipinski definition) is 0. The molecule has 0 aromatic carbocycles. The van der Waals surface area contributed by atoms with Crippen LogP contribution in [0.1, 0.15) is 77.0 Å². The molecule has 2 aliphatic carbocycles. The van der Waals surface area contributed by atoms with E-state index in [1.54, 1.807) is 0 Å². The Morgan fingerprint density at radius 1 is 0.611 bits per heavy atom. The Hall–Kier alpha value is 0.0594. The van der Waals surface area contributed by atoms with Crippen molar-refractivity contribution in [1.29, 1.82) is 0 Å². The Kier molecular flexibility index (Phi) is 17.1. The molecular formula is C16H26FIr. The summed E-state index contributed by atoms with van der Waals surface area (Å²) in [5.74, 6) is 0. The van der Waals surface area contributed by atoms with Crippen LogP contribution in [-0.4, -0.2) is 0 Å². The van der Waals surface area contributed by atoms with E-state index in [0.717, 1.165) is 0 Å². The fourth-order valence-corrected chi connectivity index (χ4v) is 2.06. The minimum atomic E-state index is 0.500.